The fourth-order valence-electron chi connectivity index (χ4n) is 1.97. The number of rotatable bonds is 3. The Morgan fingerprint density at radius 3 is 2.78 bits per heavy atom. The second-order valence-corrected chi connectivity index (χ2v) is 7.40. The third-order valence-corrected chi connectivity index (χ3v) is 4.10. The molecule has 8 heteroatoms. The third-order valence-electron chi connectivity index (χ3n) is 2.64. The van der Waals surface area contributed by atoms with Crippen LogP contribution in [0.15, 0.2) is 18.5 Å². The summed E-state index contributed by atoms with van der Waals surface area (Å²) in [6, 6.07) is 1.62. The maximum atomic E-state index is 11.8. The average Bonchev–Trinajstić information content (AvgIpc) is 2.56. The molecule has 0 N–H and O–H groups in total. The Labute approximate surface area is 114 Å². The van der Waals surface area contributed by atoms with Gasteiger partial charge in [-0.1, -0.05) is 11.6 Å². The van der Waals surface area contributed by atoms with E-state index in [1.807, 2.05) is 0 Å². The number of hydrogen-bond acceptors (Lipinski definition) is 4. The van der Waals surface area contributed by atoms with E-state index in [0.717, 1.165) is 0 Å². The van der Waals surface area contributed by atoms with Gasteiger partial charge < -0.3 is 4.90 Å². The maximum absolute atomic E-state index is 11.8. The first-order chi connectivity index (χ1) is 8.35. The van der Waals surface area contributed by atoms with Crippen molar-refractivity contribution in [3.05, 3.63) is 23.5 Å². The monoisotopic (exact) mass is 308 g/mol. The first-order valence-corrected chi connectivity index (χ1v) is 8.04. The number of nitrogens with zero attached hydrogens (tertiary/aromatic N) is 2. The number of amides is 1. The van der Waals surface area contributed by atoms with E-state index in [2.05, 4.69) is 4.98 Å². The Balaban J connectivity index is 2.15. The number of anilines is 1. The molecule has 0 radical (unpaired) electrons. The molecule has 1 unspecified atom stereocenters. The largest absolute Gasteiger partial charge is 0.311 e. The molecule has 0 saturated carbocycles. The van der Waals surface area contributed by atoms with Gasteiger partial charge in [0, 0.05) is 35.8 Å². The highest BCUT2D eigenvalue weighted by molar-refractivity contribution is 8.13. The van der Waals surface area contributed by atoms with E-state index in [1.54, 1.807) is 6.07 Å². The van der Waals surface area contributed by atoms with Gasteiger partial charge in [0.15, 0.2) is 0 Å². The predicted octanol–water partition coefficient (Wildman–Crippen LogP) is 1.66. The van der Waals surface area contributed by atoms with Gasteiger partial charge in [-0.15, -0.1) is 0 Å². The van der Waals surface area contributed by atoms with E-state index in [0.29, 0.717) is 17.3 Å². The second kappa shape index (κ2) is 5.03. The third kappa shape index (κ3) is 3.34. The summed E-state index contributed by atoms with van der Waals surface area (Å²) in [4.78, 5) is 17.2. The number of pyridine rings is 1. The molecule has 0 bridgehead atoms. The van der Waals surface area contributed by atoms with E-state index in [1.165, 1.54) is 17.3 Å². The van der Waals surface area contributed by atoms with Crippen LogP contribution >= 0.6 is 22.3 Å². The fourth-order valence-corrected chi connectivity index (χ4v) is 3.46. The molecule has 1 saturated heterocycles. The summed E-state index contributed by atoms with van der Waals surface area (Å²) in [5, 5.41) is 0.425. The van der Waals surface area contributed by atoms with E-state index in [4.69, 9.17) is 22.3 Å². The highest BCUT2D eigenvalue weighted by Crippen LogP contribution is 2.27. The second-order valence-electron chi connectivity index (χ2n) is 4.14. The Hall–Kier alpha value is -0.850. The molecule has 2 rings (SSSR count). The van der Waals surface area contributed by atoms with Gasteiger partial charge in [-0.3, -0.25) is 9.78 Å². The van der Waals surface area contributed by atoms with Gasteiger partial charge in [-0.2, -0.15) is 0 Å². The number of carbonyl (C=O) groups excluding carboxylic acids is 1. The van der Waals surface area contributed by atoms with Gasteiger partial charge >= 0.3 is 0 Å². The molecule has 1 aliphatic heterocycles. The van der Waals surface area contributed by atoms with Crippen molar-refractivity contribution in [3.63, 3.8) is 0 Å². The molecule has 18 heavy (non-hydrogen) atoms. The SMILES string of the molecule is O=C1CC(CS(=O)(=O)Cl)CN1c1cncc(Cl)c1. The van der Waals surface area contributed by atoms with E-state index in [-0.39, 0.29) is 24.0 Å². The standard InChI is InChI=1S/C10H10Cl2N2O3S/c11-8-2-9(4-13-3-8)14-5-7(1-10(14)15)6-18(12,16)17/h2-4,7H,1,5-6H2. The lowest BCUT2D eigenvalue weighted by molar-refractivity contribution is -0.117. The first kappa shape index (κ1) is 13.6. The van der Waals surface area contributed by atoms with Gasteiger partial charge in [-0.05, 0) is 6.07 Å². The summed E-state index contributed by atoms with van der Waals surface area (Å²) in [6.45, 7) is 0.312. The van der Waals surface area contributed by atoms with Gasteiger partial charge in [0.05, 0.1) is 22.7 Å². The maximum Gasteiger partial charge on any atom is 0.232 e. The average molecular weight is 309 g/mol. The van der Waals surface area contributed by atoms with Crippen LogP contribution in [0.2, 0.25) is 5.02 Å². The minimum Gasteiger partial charge on any atom is -0.311 e. The van der Waals surface area contributed by atoms with Gasteiger partial charge in [0.2, 0.25) is 15.0 Å². The first-order valence-electron chi connectivity index (χ1n) is 5.18. The zero-order valence-electron chi connectivity index (χ0n) is 9.21. The molecular weight excluding hydrogens is 299 g/mol. The summed E-state index contributed by atoms with van der Waals surface area (Å²) < 4.78 is 22.0. The minimum atomic E-state index is -3.59. The minimum absolute atomic E-state index is 0.149. The summed E-state index contributed by atoms with van der Waals surface area (Å²) in [7, 11) is 1.60. The molecule has 1 atom stereocenters. The zero-order chi connectivity index (χ0) is 13.3. The van der Waals surface area contributed by atoms with Gasteiger partial charge in [-0.25, -0.2) is 8.42 Å². The summed E-state index contributed by atoms with van der Waals surface area (Å²) in [5.74, 6) is -0.645. The van der Waals surface area contributed by atoms with Crippen LogP contribution in [0.5, 0.6) is 0 Å². The quantitative estimate of drug-likeness (QED) is 0.796. The molecule has 98 valence electrons. The zero-order valence-corrected chi connectivity index (χ0v) is 11.5. The van der Waals surface area contributed by atoms with E-state index in [9.17, 15) is 13.2 Å². The fraction of sp³-hybridized carbons (Fsp3) is 0.400. The van der Waals surface area contributed by atoms with Crippen molar-refractivity contribution in [3.8, 4) is 0 Å². The van der Waals surface area contributed by atoms with Crippen LogP contribution < -0.4 is 4.90 Å². The topological polar surface area (TPSA) is 67.3 Å². The van der Waals surface area contributed by atoms with Crippen molar-refractivity contribution in [1.82, 2.24) is 4.98 Å². The highest BCUT2D eigenvalue weighted by Gasteiger charge is 2.33. The summed E-state index contributed by atoms with van der Waals surface area (Å²) >= 11 is 5.80. The number of halogens is 2. The molecular formula is C10H10Cl2N2O3S. The van der Waals surface area contributed by atoms with Crippen LogP contribution in [0, 0.1) is 5.92 Å². The Bertz CT molecular complexity index is 576. The van der Waals surface area contributed by atoms with E-state index < -0.39 is 9.05 Å². The van der Waals surface area contributed by atoms with Crippen LogP contribution in [0.25, 0.3) is 0 Å². The molecule has 5 nitrogen and oxygen atoms in total. The Kier molecular flexibility index (Phi) is 3.79. The normalized spacial score (nSPS) is 20.4. The molecule has 1 fully saturated rings. The van der Waals surface area contributed by atoms with Crippen molar-refractivity contribution in [2.75, 3.05) is 17.2 Å². The van der Waals surface area contributed by atoms with Gasteiger partial charge in [0.1, 0.15) is 0 Å². The van der Waals surface area contributed by atoms with Crippen molar-refractivity contribution in [1.29, 1.82) is 0 Å². The summed E-state index contributed by atoms with van der Waals surface area (Å²) in [6.07, 6.45) is 3.14. The molecule has 1 aliphatic rings. The van der Waals surface area contributed by atoms with Crippen LogP contribution in [-0.4, -0.2) is 31.6 Å². The Morgan fingerprint density at radius 1 is 1.44 bits per heavy atom. The molecule has 1 aromatic rings. The van der Waals surface area contributed by atoms with Crippen molar-refractivity contribution >= 4 is 42.9 Å². The van der Waals surface area contributed by atoms with Crippen LogP contribution in [0.4, 0.5) is 5.69 Å². The lowest BCUT2D eigenvalue weighted by Crippen LogP contribution is -2.25. The number of carbonyl (C=O) groups is 1. The van der Waals surface area contributed by atoms with Crippen molar-refractivity contribution < 1.29 is 13.2 Å². The smallest absolute Gasteiger partial charge is 0.232 e. The molecule has 2 heterocycles. The van der Waals surface area contributed by atoms with Crippen LogP contribution in [0.1, 0.15) is 6.42 Å². The lowest BCUT2D eigenvalue weighted by Gasteiger charge is -2.16. The van der Waals surface area contributed by atoms with Crippen molar-refractivity contribution in [2.45, 2.75) is 6.42 Å². The highest BCUT2D eigenvalue weighted by atomic mass is 35.7. The number of hydrogen-bond donors (Lipinski definition) is 0. The number of aromatic nitrogens is 1. The molecule has 1 aromatic heterocycles. The van der Waals surface area contributed by atoms with Crippen LogP contribution in [0.3, 0.4) is 0 Å². The lowest BCUT2D eigenvalue weighted by atomic mass is 10.1. The summed E-state index contributed by atoms with van der Waals surface area (Å²) in [5.41, 5.74) is 0.571. The molecule has 0 aliphatic carbocycles. The Morgan fingerprint density at radius 2 is 2.17 bits per heavy atom. The predicted molar refractivity (Wildman–Crippen MR) is 69.3 cm³/mol. The molecule has 0 aromatic carbocycles. The van der Waals surface area contributed by atoms with Crippen LogP contribution in [-0.2, 0) is 13.8 Å². The molecule has 0 spiro atoms. The van der Waals surface area contributed by atoms with Crippen molar-refractivity contribution in [2.24, 2.45) is 5.92 Å². The molecule has 1 amide bonds. The van der Waals surface area contributed by atoms with E-state index >= 15 is 0 Å². The van der Waals surface area contributed by atoms with Gasteiger partial charge in [0.25, 0.3) is 0 Å².